The van der Waals surface area contributed by atoms with Gasteiger partial charge in [-0.05, 0) is 69.2 Å². The van der Waals surface area contributed by atoms with Gasteiger partial charge in [-0.25, -0.2) is 0 Å². The summed E-state index contributed by atoms with van der Waals surface area (Å²) in [5.74, 6) is 0. The van der Waals surface area contributed by atoms with Crippen LogP contribution in [0.15, 0.2) is 132 Å². The smallest absolute Gasteiger partial charge is 0.143 e. The van der Waals surface area contributed by atoms with Gasteiger partial charge in [-0.2, -0.15) is 0 Å². The largest absolute Gasteiger partial charge is 0.455 e. The maximum atomic E-state index is 6.43. The predicted octanol–water partition coefficient (Wildman–Crippen LogP) is 10.6. The van der Waals surface area contributed by atoms with Gasteiger partial charge in [0.15, 0.2) is 0 Å². The van der Waals surface area contributed by atoms with Crippen molar-refractivity contribution in [3.8, 4) is 27.9 Å². The molecule has 7 aromatic carbocycles. The quantitative estimate of drug-likeness (QED) is 0.216. The van der Waals surface area contributed by atoms with Crippen LogP contribution in [-0.4, -0.2) is 4.57 Å². The Labute approximate surface area is 229 Å². The molecule has 0 unspecified atom stereocenters. The van der Waals surface area contributed by atoms with E-state index in [9.17, 15) is 0 Å². The number of rotatable bonds is 1. The lowest BCUT2D eigenvalue weighted by molar-refractivity contribution is 0.672. The molecule has 0 saturated carbocycles. The molecule has 0 N–H and O–H groups in total. The van der Waals surface area contributed by atoms with Gasteiger partial charge in [-0.1, -0.05) is 91.0 Å². The summed E-state index contributed by atoms with van der Waals surface area (Å²) in [5, 5.41) is 9.90. The van der Waals surface area contributed by atoms with Crippen LogP contribution in [0.3, 0.4) is 0 Å². The van der Waals surface area contributed by atoms with Gasteiger partial charge in [0.2, 0.25) is 0 Å². The van der Waals surface area contributed by atoms with Crippen LogP contribution in [0.25, 0.3) is 93.2 Å². The van der Waals surface area contributed by atoms with Gasteiger partial charge in [0.05, 0.1) is 11.0 Å². The van der Waals surface area contributed by atoms with Crippen LogP contribution in [0.1, 0.15) is 0 Å². The molecule has 1 aliphatic rings. The predicted molar refractivity (Wildman–Crippen MR) is 168 cm³/mol. The molecule has 0 fully saturated rings. The summed E-state index contributed by atoms with van der Waals surface area (Å²) in [6, 6.07) is 46.3. The van der Waals surface area contributed by atoms with Crippen molar-refractivity contribution >= 4 is 65.3 Å². The van der Waals surface area contributed by atoms with Crippen molar-refractivity contribution in [1.29, 1.82) is 0 Å². The second kappa shape index (κ2) is 7.19. The van der Waals surface area contributed by atoms with E-state index in [2.05, 4.69) is 132 Å². The van der Waals surface area contributed by atoms with Gasteiger partial charge in [-0.15, -0.1) is 0 Å². The zero-order chi connectivity index (χ0) is 25.9. The highest BCUT2D eigenvalue weighted by atomic mass is 16.3. The number of para-hydroxylation sites is 1. The van der Waals surface area contributed by atoms with E-state index in [0.29, 0.717) is 0 Å². The average molecular weight is 508 g/mol. The fourth-order valence-electron chi connectivity index (χ4n) is 7.25. The van der Waals surface area contributed by atoms with Crippen LogP contribution < -0.4 is 0 Å². The molecule has 0 radical (unpaired) electrons. The molecule has 2 aromatic heterocycles. The average Bonchev–Trinajstić information content (AvgIpc) is 3.66. The van der Waals surface area contributed by atoms with Gasteiger partial charge < -0.3 is 8.98 Å². The molecule has 0 bridgehead atoms. The van der Waals surface area contributed by atoms with Crippen LogP contribution in [-0.2, 0) is 0 Å². The number of nitrogens with zero attached hydrogens (tertiary/aromatic N) is 1. The van der Waals surface area contributed by atoms with E-state index in [1.54, 1.807) is 0 Å². The Balaban J connectivity index is 1.31. The first kappa shape index (κ1) is 20.6. The lowest BCUT2D eigenvalue weighted by Crippen LogP contribution is -1.93. The Kier molecular flexibility index (Phi) is 3.70. The van der Waals surface area contributed by atoms with Gasteiger partial charge >= 0.3 is 0 Å². The van der Waals surface area contributed by atoms with Crippen LogP contribution in [0.2, 0.25) is 0 Å². The molecule has 10 rings (SSSR count). The molecule has 1 aliphatic carbocycles. The lowest BCUT2D eigenvalue weighted by Gasteiger charge is -2.09. The minimum absolute atomic E-state index is 0.916. The first-order valence-electron chi connectivity index (χ1n) is 13.8. The Morgan fingerprint density at radius 3 is 2.17 bits per heavy atom. The molecule has 0 aliphatic heterocycles. The van der Waals surface area contributed by atoms with E-state index in [1.807, 2.05) is 0 Å². The van der Waals surface area contributed by atoms with Gasteiger partial charge in [0.1, 0.15) is 11.2 Å². The summed E-state index contributed by atoms with van der Waals surface area (Å²) in [7, 11) is 0. The second-order valence-electron chi connectivity index (χ2n) is 10.9. The zero-order valence-corrected chi connectivity index (χ0v) is 21.5. The number of hydrogen-bond donors (Lipinski definition) is 0. The standard InChI is InChI=1S/C38H21NO/c1-2-10-25-22(7-1)15-17-28-31-21-24(16-20-34(31)40-38(25)28)39-32-14-4-3-11-29(32)37-33(39)19-18-27-26-12-5-8-23-9-6-13-30(35(23)26)36(27)37/h1-21H. The van der Waals surface area contributed by atoms with E-state index < -0.39 is 0 Å². The third-order valence-corrected chi connectivity index (χ3v) is 8.91. The summed E-state index contributed by atoms with van der Waals surface area (Å²) < 4.78 is 8.86. The molecular formula is C38H21NO. The molecular weight excluding hydrogens is 486 g/mol. The van der Waals surface area contributed by atoms with Crippen LogP contribution in [0.4, 0.5) is 0 Å². The summed E-state index contributed by atoms with van der Waals surface area (Å²) in [6.45, 7) is 0. The van der Waals surface area contributed by atoms with Gasteiger partial charge in [0, 0.05) is 38.2 Å². The lowest BCUT2D eigenvalue weighted by atomic mass is 9.98. The fraction of sp³-hybridized carbons (Fsp3) is 0. The van der Waals surface area contributed by atoms with E-state index in [0.717, 1.165) is 33.0 Å². The highest BCUT2D eigenvalue weighted by Gasteiger charge is 2.26. The summed E-state index contributed by atoms with van der Waals surface area (Å²) in [4.78, 5) is 0. The monoisotopic (exact) mass is 507 g/mol. The summed E-state index contributed by atoms with van der Waals surface area (Å²) in [5.41, 5.74) is 10.8. The summed E-state index contributed by atoms with van der Waals surface area (Å²) >= 11 is 0. The Hall–Kier alpha value is -5.34. The highest BCUT2D eigenvalue weighted by molar-refractivity contribution is 6.26. The van der Waals surface area contributed by atoms with E-state index in [-0.39, 0.29) is 0 Å². The normalized spacial score (nSPS) is 12.5. The van der Waals surface area contributed by atoms with Gasteiger partial charge in [0.25, 0.3) is 0 Å². The van der Waals surface area contributed by atoms with Crippen molar-refractivity contribution in [2.45, 2.75) is 0 Å². The van der Waals surface area contributed by atoms with Crippen molar-refractivity contribution in [2.75, 3.05) is 0 Å². The van der Waals surface area contributed by atoms with E-state index in [4.69, 9.17) is 4.42 Å². The Morgan fingerprint density at radius 2 is 1.25 bits per heavy atom. The first-order valence-corrected chi connectivity index (χ1v) is 13.8. The SMILES string of the molecule is c1cc2c3c(cccc3c1)-c1c-2ccc2c1c1ccccc1n2-c1ccc2oc3c4ccccc4ccc3c2c1. The summed E-state index contributed by atoms with van der Waals surface area (Å²) in [6.07, 6.45) is 0. The van der Waals surface area contributed by atoms with Crippen LogP contribution in [0, 0.1) is 0 Å². The second-order valence-corrected chi connectivity index (χ2v) is 10.9. The molecule has 40 heavy (non-hydrogen) atoms. The molecule has 0 saturated heterocycles. The fourth-order valence-corrected chi connectivity index (χ4v) is 7.25. The first-order chi connectivity index (χ1) is 19.8. The topological polar surface area (TPSA) is 18.1 Å². The van der Waals surface area contributed by atoms with Crippen LogP contribution in [0.5, 0.6) is 0 Å². The maximum Gasteiger partial charge on any atom is 0.143 e. The number of fused-ring (bicyclic) bond motifs is 12. The third kappa shape index (κ3) is 2.45. The van der Waals surface area contributed by atoms with E-state index in [1.165, 1.54) is 60.2 Å². The molecule has 0 atom stereocenters. The third-order valence-electron chi connectivity index (χ3n) is 8.91. The molecule has 0 spiro atoms. The minimum atomic E-state index is 0.916. The molecule has 2 nitrogen and oxygen atoms in total. The minimum Gasteiger partial charge on any atom is -0.455 e. The van der Waals surface area contributed by atoms with Crippen molar-refractivity contribution < 1.29 is 4.42 Å². The maximum absolute atomic E-state index is 6.43. The van der Waals surface area contributed by atoms with Gasteiger partial charge in [-0.3, -0.25) is 0 Å². The number of benzene rings is 7. The van der Waals surface area contributed by atoms with Crippen molar-refractivity contribution in [3.63, 3.8) is 0 Å². The van der Waals surface area contributed by atoms with Crippen molar-refractivity contribution in [2.24, 2.45) is 0 Å². The molecule has 184 valence electrons. The molecule has 2 heterocycles. The van der Waals surface area contributed by atoms with Crippen molar-refractivity contribution in [3.05, 3.63) is 127 Å². The molecule has 0 amide bonds. The molecule has 9 aromatic rings. The number of aromatic nitrogens is 1. The Bertz CT molecular complexity index is 2540. The van der Waals surface area contributed by atoms with Crippen molar-refractivity contribution in [1.82, 2.24) is 4.57 Å². The Morgan fingerprint density at radius 1 is 0.450 bits per heavy atom. The zero-order valence-electron chi connectivity index (χ0n) is 21.5. The number of furan rings is 1. The van der Waals surface area contributed by atoms with Crippen LogP contribution >= 0.6 is 0 Å². The van der Waals surface area contributed by atoms with E-state index >= 15 is 0 Å². The number of hydrogen-bond acceptors (Lipinski definition) is 1. The highest BCUT2D eigenvalue weighted by Crippen LogP contribution is 2.52. The molecule has 2 heteroatoms.